The second kappa shape index (κ2) is 9.21. The molecule has 138 valence electrons. The van der Waals surface area contributed by atoms with Gasteiger partial charge >= 0.3 is 0 Å². The van der Waals surface area contributed by atoms with Gasteiger partial charge in [-0.3, -0.25) is 0 Å². The van der Waals surface area contributed by atoms with Crippen LogP contribution in [0.5, 0.6) is 0 Å². The van der Waals surface area contributed by atoms with Crippen molar-refractivity contribution >= 4 is 44.5 Å². The zero-order valence-electron chi connectivity index (χ0n) is 14.6. The molecule has 0 radical (unpaired) electrons. The van der Waals surface area contributed by atoms with E-state index in [1.165, 1.54) is 36.0 Å². The highest BCUT2D eigenvalue weighted by Crippen LogP contribution is 2.18. The monoisotopic (exact) mass is 410 g/mol. The van der Waals surface area contributed by atoms with E-state index in [2.05, 4.69) is 9.39 Å². The average Bonchev–Trinajstić information content (AvgIpc) is 2.61. The molecule has 26 heavy (non-hydrogen) atoms. The van der Waals surface area contributed by atoms with E-state index in [9.17, 15) is 8.42 Å². The van der Waals surface area contributed by atoms with Gasteiger partial charge in [-0.1, -0.05) is 53.7 Å². The lowest BCUT2D eigenvalue weighted by atomic mass is 10.2. The molecule has 0 aliphatic carbocycles. The Kier molecular flexibility index (Phi) is 7.25. The Balaban J connectivity index is 2.54. The van der Waals surface area contributed by atoms with E-state index < -0.39 is 10.0 Å². The first kappa shape index (κ1) is 20.5. The first-order valence-corrected chi connectivity index (χ1v) is 10.8. The van der Waals surface area contributed by atoms with Crippen LogP contribution in [-0.2, 0) is 14.8 Å². The Morgan fingerprint density at radius 2 is 1.69 bits per heavy atom. The Hall–Kier alpha value is -1.83. The molecule has 5 nitrogen and oxygen atoms in total. The normalized spacial score (nSPS) is 13.1. The number of hydrogen-bond acceptors (Lipinski definition) is 4. The Morgan fingerprint density at radius 3 is 2.23 bits per heavy atom. The lowest BCUT2D eigenvalue weighted by Gasteiger charge is -2.11. The molecule has 0 amide bonds. The first-order valence-electron chi connectivity index (χ1n) is 7.77. The molecule has 0 aliphatic heterocycles. The number of halogens is 1. The predicted molar refractivity (Wildman–Crippen MR) is 109 cm³/mol. The molecular weight excluding hydrogens is 392 g/mol. The summed E-state index contributed by atoms with van der Waals surface area (Å²) in [4.78, 5) is 4.38. The molecule has 0 aliphatic rings. The van der Waals surface area contributed by atoms with E-state index in [4.69, 9.17) is 16.3 Å². The van der Waals surface area contributed by atoms with Crippen LogP contribution in [0.3, 0.4) is 0 Å². The molecule has 0 aromatic heterocycles. The summed E-state index contributed by atoms with van der Waals surface area (Å²) in [7, 11) is -3.95. The fraction of sp³-hybridized carbons (Fsp3) is 0.222. The third-order valence-electron chi connectivity index (χ3n) is 3.06. The molecule has 0 bridgehead atoms. The quantitative estimate of drug-likeness (QED) is 0.544. The standard InChI is InChI=1S/C18H19ClN2O3S2/c1-13(2)24-18(25-3)20-17(14-7-5-4-6-8-14)21-26(22,23)16-11-9-15(19)10-12-16/h4-13H,1-3H3/b20-18?,21-17-. The SMILES string of the molecule is CSC(=N/C(=N\S(=O)(=O)c1ccc(Cl)cc1)c1ccccc1)OC(C)C. The van der Waals surface area contributed by atoms with Gasteiger partial charge in [-0.15, -0.1) is 4.40 Å². The maximum absolute atomic E-state index is 12.7. The minimum absolute atomic E-state index is 0.0426. The van der Waals surface area contributed by atoms with Crippen molar-refractivity contribution in [2.75, 3.05) is 6.26 Å². The van der Waals surface area contributed by atoms with Crippen molar-refractivity contribution in [2.45, 2.75) is 24.8 Å². The topological polar surface area (TPSA) is 68.1 Å². The summed E-state index contributed by atoms with van der Waals surface area (Å²) in [6.07, 6.45) is 1.71. The van der Waals surface area contributed by atoms with Crippen molar-refractivity contribution in [3.63, 3.8) is 0 Å². The fourth-order valence-electron chi connectivity index (χ4n) is 1.91. The zero-order valence-corrected chi connectivity index (χ0v) is 17.0. The highest BCUT2D eigenvalue weighted by atomic mass is 35.5. The number of amidine groups is 1. The summed E-state index contributed by atoms with van der Waals surface area (Å²) in [6.45, 7) is 3.74. The van der Waals surface area contributed by atoms with E-state index in [0.717, 1.165) is 0 Å². The summed E-state index contributed by atoms with van der Waals surface area (Å²) in [5, 5.41) is 0.790. The largest absolute Gasteiger partial charge is 0.470 e. The summed E-state index contributed by atoms with van der Waals surface area (Å²) in [5.74, 6) is 0.0607. The van der Waals surface area contributed by atoms with Crippen LogP contribution in [0, 0.1) is 0 Å². The van der Waals surface area contributed by atoms with Crippen LogP contribution < -0.4 is 0 Å². The molecule has 2 rings (SSSR count). The third kappa shape index (κ3) is 5.86. The number of sulfonamides is 1. The summed E-state index contributed by atoms with van der Waals surface area (Å²) >= 11 is 7.11. The minimum Gasteiger partial charge on any atom is -0.470 e. The van der Waals surface area contributed by atoms with E-state index in [0.29, 0.717) is 15.8 Å². The van der Waals surface area contributed by atoms with Crippen molar-refractivity contribution in [3.05, 3.63) is 65.2 Å². The van der Waals surface area contributed by atoms with Crippen LogP contribution in [-0.4, -0.2) is 31.8 Å². The highest BCUT2D eigenvalue weighted by molar-refractivity contribution is 8.13. The van der Waals surface area contributed by atoms with Crippen molar-refractivity contribution in [3.8, 4) is 0 Å². The van der Waals surface area contributed by atoms with Gasteiger partial charge in [0.25, 0.3) is 15.3 Å². The molecule has 0 spiro atoms. The van der Waals surface area contributed by atoms with E-state index in [1.54, 1.807) is 30.5 Å². The molecular formula is C18H19ClN2O3S2. The zero-order chi connectivity index (χ0) is 19.2. The molecule has 0 saturated heterocycles. The molecule has 0 saturated carbocycles. The summed E-state index contributed by atoms with van der Waals surface area (Å²) in [6, 6.07) is 14.7. The lowest BCUT2D eigenvalue weighted by Crippen LogP contribution is -2.12. The third-order valence-corrected chi connectivity index (χ3v) is 5.13. The van der Waals surface area contributed by atoms with Gasteiger partial charge in [0.15, 0.2) is 5.84 Å². The van der Waals surface area contributed by atoms with Crippen LogP contribution >= 0.6 is 23.4 Å². The number of rotatable bonds is 4. The van der Waals surface area contributed by atoms with Gasteiger partial charge in [0.1, 0.15) is 0 Å². The van der Waals surface area contributed by atoms with Gasteiger partial charge in [0, 0.05) is 10.6 Å². The summed E-state index contributed by atoms with van der Waals surface area (Å²) in [5.41, 5.74) is 0.573. The van der Waals surface area contributed by atoms with Crippen LogP contribution in [0.4, 0.5) is 0 Å². The maximum Gasteiger partial charge on any atom is 0.284 e. The van der Waals surface area contributed by atoms with Gasteiger partial charge in [-0.05, 0) is 44.4 Å². The van der Waals surface area contributed by atoms with Crippen LogP contribution in [0.25, 0.3) is 0 Å². The van der Waals surface area contributed by atoms with Crippen molar-refractivity contribution in [1.82, 2.24) is 0 Å². The van der Waals surface area contributed by atoms with Crippen molar-refractivity contribution < 1.29 is 13.2 Å². The number of aliphatic imine (C=N–C) groups is 1. The molecule has 0 fully saturated rings. The predicted octanol–water partition coefficient (Wildman–Crippen LogP) is 4.62. The second-order valence-electron chi connectivity index (χ2n) is 5.46. The molecule has 8 heteroatoms. The Labute approximate surface area is 163 Å². The van der Waals surface area contributed by atoms with Crippen molar-refractivity contribution in [2.24, 2.45) is 9.39 Å². The van der Waals surface area contributed by atoms with Gasteiger partial charge in [0.2, 0.25) is 0 Å². The van der Waals surface area contributed by atoms with Crippen LogP contribution in [0.1, 0.15) is 19.4 Å². The number of thioether (sulfide) groups is 1. The maximum atomic E-state index is 12.7. The fourth-order valence-corrected chi connectivity index (χ4v) is 3.46. The Morgan fingerprint density at radius 1 is 1.08 bits per heavy atom. The van der Waals surface area contributed by atoms with Gasteiger partial charge in [0.05, 0.1) is 11.0 Å². The molecule has 0 atom stereocenters. The van der Waals surface area contributed by atoms with E-state index in [-0.39, 0.29) is 16.8 Å². The Bertz CT molecular complexity index is 894. The van der Waals surface area contributed by atoms with Gasteiger partial charge < -0.3 is 4.74 Å². The summed E-state index contributed by atoms with van der Waals surface area (Å²) < 4.78 is 34.9. The average molecular weight is 411 g/mol. The van der Waals surface area contributed by atoms with Gasteiger partial charge in [-0.25, -0.2) is 0 Å². The first-order chi connectivity index (χ1) is 12.3. The molecule has 0 heterocycles. The molecule has 0 unspecified atom stereocenters. The van der Waals surface area contributed by atoms with Crippen LogP contribution in [0.2, 0.25) is 5.02 Å². The van der Waals surface area contributed by atoms with Gasteiger partial charge in [-0.2, -0.15) is 13.4 Å². The lowest BCUT2D eigenvalue weighted by molar-refractivity contribution is 0.237. The van der Waals surface area contributed by atoms with Crippen LogP contribution in [0.15, 0.2) is 68.9 Å². The smallest absolute Gasteiger partial charge is 0.284 e. The number of benzene rings is 2. The van der Waals surface area contributed by atoms with Crippen molar-refractivity contribution in [1.29, 1.82) is 0 Å². The molecule has 2 aromatic rings. The number of nitrogens with zero attached hydrogens (tertiary/aromatic N) is 2. The second-order valence-corrected chi connectivity index (χ2v) is 8.26. The minimum atomic E-state index is -3.95. The molecule has 2 aromatic carbocycles. The van der Waals surface area contributed by atoms with E-state index >= 15 is 0 Å². The number of hydrogen-bond donors (Lipinski definition) is 0. The van der Waals surface area contributed by atoms with E-state index in [1.807, 2.05) is 19.9 Å². The highest BCUT2D eigenvalue weighted by Gasteiger charge is 2.16. The molecule has 0 N–H and O–H groups in total. The number of ether oxygens (including phenoxy) is 1.